The molecule has 0 saturated carbocycles. The van der Waals surface area contributed by atoms with Crippen molar-refractivity contribution in [2.45, 2.75) is 31.4 Å². The monoisotopic (exact) mass is 333 g/mol. The highest BCUT2D eigenvalue weighted by atomic mass is 35.5. The van der Waals surface area contributed by atoms with E-state index in [-0.39, 0.29) is 11.9 Å². The quantitative estimate of drug-likeness (QED) is 0.890. The van der Waals surface area contributed by atoms with Crippen molar-refractivity contribution in [3.05, 3.63) is 33.8 Å². The maximum Gasteiger partial charge on any atom is 0.252 e. The summed E-state index contributed by atoms with van der Waals surface area (Å²) in [6.45, 7) is 1.84. The summed E-state index contributed by atoms with van der Waals surface area (Å²) in [5.74, 6) is 1.29. The Morgan fingerprint density at radius 3 is 2.65 bits per heavy atom. The molecule has 0 aliphatic carbocycles. The number of halogens is 2. The van der Waals surface area contributed by atoms with Gasteiger partial charge in [0.1, 0.15) is 5.60 Å². The third-order valence-corrected chi connectivity index (χ3v) is 5.07. The molecule has 0 radical (unpaired) electrons. The number of nitrogens with one attached hydrogen (secondary N) is 1. The molecule has 110 valence electrons. The van der Waals surface area contributed by atoms with Gasteiger partial charge in [-0.15, -0.1) is 0 Å². The topological polar surface area (TPSA) is 49.3 Å². The van der Waals surface area contributed by atoms with Crippen LogP contribution in [0.5, 0.6) is 0 Å². The normalized spacial score (nSPS) is 19.4. The molecular weight excluding hydrogens is 317 g/mol. The van der Waals surface area contributed by atoms with Crippen LogP contribution in [-0.2, 0) is 4.79 Å². The summed E-state index contributed by atoms with van der Waals surface area (Å²) in [4.78, 5) is 12.2. The van der Waals surface area contributed by atoms with E-state index in [1.54, 1.807) is 30.0 Å². The summed E-state index contributed by atoms with van der Waals surface area (Å²) in [5.41, 5.74) is -0.462. The standard InChI is InChI=1S/C14H17Cl2NO2S/c1-9(11-3-2-10(15)8-12(11)16)17-13(18)14(19)4-6-20-7-5-14/h2-3,8-9,19H,4-7H2,1H3,(H,17,18)/t9-/m0/s1. The summed E-state index contributed by atoms with van der Waals surface area (Å²) < 4.78 is 0. The third kappa shape index (κ3) is 3.61. The molecule has 6 heteroatoms. The zero-order valence-electron chi connectivity index (χ0n) is 11.2. The molecule has 1 aromatic carbocycles. The lowest BCUT2D eigenvalue weighted by molar-refractivity contribution is -0.141. The van der Waals surface area contributed by atoms with Crippen LogP contribution in [-0.4, -0.2) is 28.1 Å². The molecule has 2 rings (SSSR count). The van der Waals surface area contributed by atoms with Crippen LogP contribution < -0.4 is 5.32 Å². The minimum atomic E-state index is -1.25. The average molecular weight is 334 g/mol. The summed E-state index contributed by atoms with van der Waals surface area (Å²) in [6.07, 6.45) is 0.981. The summed E-state index contributed by atoms with van der Waals surface area (Å²) in [7, 11) is 0. The van der Waals surface area contributed by atoms with Gasteiger partial charge in [-0.25, -0.2) is 0 Å². The molecule has 0 spiro atoms. The number of carbonyl (C=O) groups excluding carboxylic acids is 1. The van der Waals surface area contributed by atoms with E-state index >= 15 is 0 Å². The molecule has 0 aromatic heterocycles. The van der Waals surface area contributed by atoms with Gasteiger partial charge < -0.3 is 10.4 Å². The second-order valence-electron chi connectivity index (χ2n) is 5.00. The lowest BCUT2D eigenvalue weighted by atomic mass is 9.95. The third-order valence-electron chi connectivity index (χ3n) is 3.52. The highest BCUT2D eigenvalue weighted by molar-refractivity contribution is 7.99. The van der Waals surface area contributed by atoms with Crippen LogP contribution in [0.4, 0.5) is 0 Å². The fourth-order valence-electron chi connectivity index (χ4n) is 2.20. The number of thioether (sulfide) groups is 1. The minimum absolute atomic E-state index is 0.272. The van der Waals surface area contributed by atoms with Crippen molar-refractivity contribution in [3.63, 3.8) is 0 Å². The number of hydrogen-bond acceptors (Lipinski definition) is 3. The van der Waals surface area contributed by atoms with Crippen molar-refractivity contribution >= 4 is 40.9 Å². The van der Waals surface area contributed by atoms with E-state index in [1.807, 2.05) is 6.92 Å². The number of hydrogen-bond donors (Lipinski definition) is 2. The first kappa shape index (κ1) is 16.0. The molecular formula is C14H17Cl2NO2S. The molecule has 1 atom stereocenters. The predicted octanol–water partition coefficient (Wildman–Crippen LogP) is 3.43. The zero-order chi connectivity index (χ0) is 14.8. The maximum atomic E-state index is 12.2. The molecule has 1 amide bonds. The largest absolute Gasteiger partial charge is 0.380 e. The van der Waals surface area contributed by atoms with Gasteiger partial charge in [0.2, 0.25) is 0 Å². The van der Waals surface area contributed by atoms with Crippen LogP contribution in [0.25, 0.3) is 0 Å². The van der Waals surface area contributed by atoms with Gasteiger partial charge in [-0.3, -0.25) is 4.79 Å². The summed E-state index contributed by atoms with van der Waals surface area (Å²) in [6, 6.07) is 4.90. The van der Waals surface area contributed by atoms with E-state index < -0.39 is 5.60 Å². The Hall–Kier alpha value is -0.420. The number of amides is 1. The molecule has 1 saturated heterocycles. The van der Waals surface area contributed by atoms with Crippen LogP contribution >= 0.6 is 35.0 Å². The van der Waals surface area contributed by atoms with Crippen molar-refractivity contribution < 1.29 is 9.90 Å². The summed E-state index contributed by atoms with van der Waals surface area (Å²) >= 11 is 13.7. The summed E-state index contributed by atoms with van der Waals surface area (Å²) in [5, 5.41) is 14.3. The molecule has 1 aromatic rings. The van der Waals surface area contributed by atoms with E-state index in [2.05, 4.69) is 5.32 Å². The van der Waals surface area contributed by atoms with Gasteiger partial charge in [0.05, 0.1) is 6.04 Å². The molecule has 1 aliphatic heterocycles. The number of benzene rings is 1. The fourth-order valence-corrected chi connectivity index (χ4v) is 3.94. The average Bonchev–Trinajstić information content (AvgIpc) is 2.39. The van der Waals surface area contributed by atoms with Gasteiger partial charge >= 0.3 is 0 Å². The van der Waals surface area contributed by atoms with Gasteiger partial charge in [-0.2, -0.15) is 11.8 Å². The smallest absolute Gasteiger partial charge is 0.252 e. The van der Waals surface area contributed by atoms with Crippen LogP contribution in [0.3, 0.4) is 0 Å². The molecule has 0 unspecified atom stereocenters. The van der Waals surface area contributed by atoms with E-state index in [4.69, 9.17) is 23.2 Å². The molecule has 0 bridgehead atoms. The van der Waals surface area contributed by atoms with Gasteiger partial charge in [0.15, 0.2) is 0 Å². The highest BCUT2D eigenvalue weighted by Crippen LogP contribution is 2.30. The SMILES string of the molecule is C[C@H](NC(=O)C1(O)CCSCC1)c1ccc(Cl)cc1Cl. The van der Waals surface area contributed by atoms with Gasteiger partial charge in [0.25, 0.3) is 5.91 Å². The Balaban J connectivity index is 2.07. The number of rotatable bonds is 3. The molecule has 1 heterocycles. The molecule has 20 heavy (non-hydrogen) atoms. The van der Waals surface area contributed by atoms with Crippen LogP contribution in [0, 0.1) is 0 Å². The fraction of sp³-hybridized carbons (Fsp3) is 0.500. The lowest BCUT2D eigenvalue weighted by Gasteiger charge is -2.31. The predicted molar refractivity (Wildman–Crippen MR) is 84.5 cm³/mol. The first-order chi connectivity index (χ1) is 9.42. The van der Waals surface area contributed by atoms with Gasteiger partial charge in [-0.05, 0) is 49.0 Å². The van der Waals surface area contributed by atoms with Crippen molar-refractivity contribution in [3.8, 4) is 0 Å². The first-order valence-electron chi connectivity index (χ1n) is 6.48. The zero-order valence-corrected chi connectivity index (χ0v) is 13.5. The van der Waals surface area contributed by atoms with Crippen LogP contribution in [0.2, 0.25) is 10.0 Å². The molecule has 1 aliphatic rings. The van der Waals surface area contributed by atoms with E-state index in [9.17, 15) is 9.90 Å². The Kier molecular flexibility index (Phi) is 5.24. The number of aliphatic hydroxyl groups is 1. The van der Waals surface area contributed by atoms with Crippen LogP contribution in [0.1, 0.15) is 31.4 Å². The Morgan fingerprint density at radius 2 is 2.05 bits per heavy atom. The van der Waals surface area contributed by atoms with E-state index in [0.29, 0.717) is 22.9 Å². The Morgan fingerprint density at radius 1 is 1.40 bits per heavy atom. The Labute approximate surface area is 133 Å². The molecule has 2 N–H and O–H groups in total. The van der Waals surface area contributed by atoms with Crippen molar-refractivity contribution in [2.24, 2.45) is 0 Å². The number of carbonyl (C=O) groups is 1. The molecule has 1 fully saturated rings. The van der Waals surface area contributed by atoms with Crippen molar-refractivity contribution in [1.82, 2.24) is 5.32 Å². The first-order valence-corrected chi connectivity index (χ1v) is 8.39. The Bertz CT molecular complexity index is 504. The molecule has 3 nitrogen and oxygen atoms in total. The second-order valence-corrected chi connectivity index (χ2v) is 7.07. The van der Waals surface area contributed by atoms with Crippen molar-refractivity contribution in [2.75, 3.05) is 11.5 Å². The van der Waals surface area contributed by atoms with E-state index in [0.717, 1.165) is 17.1 Å². The van der Waals surface area contributed by atoms with Crippen molar-refractivity contribution in [1.29, 1.82) is 0 Å². The van der Waals surface area contributed by atoms with E-state index in [1.165, 1.54) is 0 Å². The minimum Gasteiger partial charge on any atom is -0.380 e. The van der Waals surface area contributed by atoms with Gasteiger partial charge in [0, 0.05) is 10.0 Å². The maximum absolute atomic E-state index is 12.2. The lowest BCUT2D eigenvalue weighted by Crippen LogP contribution is -2.49. The second kappa shape index (κ2) is 6.56. The highest BCUT2D eigenvalue weighted by Gasteiger charge is 2.38. The van der Waals surface area contributed by atoms with Crippen LogP contribution in [0.15, 0.2) is 18.2 Å². The van der Waals surface area contributed by atoms with Gasteiger partial charge in [-0.1, -0.05) is 29.3 Å².